The van der Waals surface area contributed by atoms with Crippen molar-refractivity contribution in [1.29, 1.82) is 0 Å². The van der Waals surface area contributed by atoms with Gasteiger partial charge in [-0.3, -0.25) is 4.79 Å². The second-order valence-electron chi connectivity index (χ2n) is 8.09. The van der Waals surface area contributed by atoms with Crippen LogP contribution < -0.4 is 0 Å². The van der Waals surface area contributed by atoms with Crippen LogP contribution >= 0.6 is 0 Å². The van der Waals surface area contributed by atoms with Crippen LogP contribution in [0.25, 0.3) is 0 Å². The lowest BCUT2D eigenvalue weighted by Crippen LogP contribution is -2.42. The maximum Gasteiger partial charge on any atom is 0.338 e. The third kappa shape index (κ3) is 6.59. The molecule has 1 fully saturated rings. The van der Waals surface area contributed by atoms with Gasteiger partial charge in [0, 0.05) is 6.92 Å². The third-order valence-corrected chi connectivity index (χ3v) is 5.44. The zero-order valence-corrected chi connectivity index (χ0v) is 19.9. The van der Waals surface area contributed by atoms with Gasteiger partial charge in [-0.2, -0.15) is 0 Å². The summed E-state index contributed by atoms with van der Waals surface area (Å²) in [6.45, 7) is 0.796. The molecule has 1 heterocycles. The lowest BCUT2D eigenvalue weighted by Gasteiger charge is -2.24. The number of ether oxygens (including phenoxy) is 5. The van der Waals surface area contributed by atoms with Crippen molar-refractivity contribution in [3.8, 4) is 0 Å². The average molecular weight is 504 g/mol. The van der Waals surface area contributed by atoms with Crippen LogP contribution in [-0.2, 0) is 28.5 Å². The average Bonchev–Trinajstić information content (AvgIpc) is 3.23. The van der Waals surface area contributed by atoms with Gasteiger partial charge in [0.15, 0.2) is 6.10 Å². The van der Waals surface area contributed by atoms with Crippen molar-refractivity contribution in [3.63, 3.8) is 0 Å². The molecule has 0 aromatic heterocycles. The highest BCUT2D eigenvalue weighted by molar-refractivity contribution is 5.91. The van der Waals surface area contributed by atoms with Crippen LogP contribution in [0.2, 0.25) is 0 Å². The summed E-state index contributed by atoms with van der Waals surface area (Å²) in [6.07, 6.45) is -5.09. The Morgan fingerprint density at radius 3 is 1.51 bits per heavy atom. The zero-order valence-electron chi connectivity index (χ0n) is 19.9. The van der Waals surface area contributed by atoms with E-state index in [-0.39, 0.29) is 17.7 Å². The largest absolute Gasteiger partial charge is 0.459 e. The van der Waals surface area contributed by atoms with Crippen LogP contribution in [0.3, 0.4) is 0 Å². The topological polar surface area (TPSA) is 114 Å². The van der Waals surface area contributed by atoms with E-state index in [1.54, 1.807) is 91.0 Å². The van der Waals surface area contributed by atoms with Crippen molar-refractivity contribution in [2.24, 2.45) is 0 Å². The minimum Gasteiger partial charge on any atom is -0.459 e. The maximum absolute atomic E-state index is 12.9. The molecule has 0 radical (unpaired) electrons. The number of hydrogen-bond acceptors (Lipinski definition) is 9. The maximum atomic E-state index is 12.9. The highest BCUT2D eigenvalue weighted by Crippen LogP contribution is 2.30. The van der Waals surface area contributed by atoms with E-state index in [2.05, 4.69) is 0 Å². The van der Waals surface area contributed by atoms with E-state index in [1.807, 2.05) is 0 Å². The normalized spacial score (nSPS) is 20.5. The molecule has 1 aliphatic rings. The van der Waals surface area contributed by atoms with E-state index in [1.165, 1.54) is 0 Å². The second-order valence-corrected chi connectivity index (χ2v) is 8.09. The van der Waals surface area contributed by atoms with Gasteiger partial charge in [0.1, 0.15) is 12.7 Å². The summed E-state index contributed by atoms with van der Waals surface area (Å²) in [5.74, 6) is -2.81. The summed E-state index contributed by atoms with van der Waals surface area (Å²) in [4.78, 5) is 50.0. The molecule has 4 rings (SSSR count). The van der Waals surface area contributed by atoms with Gasteiger partial charge < -0.3 is 23.7 Å². The minimum absolute atomic E-state index is 0.233. The number of hydrogen-bond donors (Lipinski definition) is 0. The van der Waals surface area contributed by atoms with Gasteiger partial charge in [-0.15, -0.1) is 0 Å². The van der Waals surface area contributed by atoms with Crippen LogP contribution in [0.5, 0.6) is 0 Å². The molecule has 9 nitrogen and oxygen atoms in total. The van der Waals surface area contributed by atoms with Crippen molar-refractivity contribution >= 4 is 23.9 Å². The fraction of sp³-hybridized carbons (Fsp3) is 0.214. The predicted octanol–water partition coefficient (Wildman–Crippen LogP) is 3.58. The predicted molar refractivity (Wildman–Crippen MR) is 128 cm³/mol. The highest BCUT2D eigenvalue weighted by atomic mass is 16.8. The molecule has 0 N–H and O–H groups in total. The molecule has 37 heavy (non-hydrogen) atoms. The van der Waals surface area contributed by atoms with Crippen LogP contribution in [0.1, 0.15) is 38.0 Å². The molecule has 0 amide bonds. The summed E-state index contributed by atoms with van der Waals surface area (Å²) < 4.78 is 27.7. The fourth-order valence-electron chi connectivity index (χ4n) is 3.70. The summed E-state index contributed by atoms with van der Waals surface area (Å²) in [5, 5.41) is 0. The van der Waals surface area contributed by atoms with Crippen molar-refractivity contribution in [2.45, 2.75) is 31.5 Å². The van der Waals surface area contributed by atoms with Gasteiger partial charge in [-0.25, -0.2) is 14.4 Å². The summed E-state index contributed by atoms with van der Waals surface area (Å²) >= 11 is 0. The first-order chi connectivity index (χ1) is 17.9. The lowest BCUT2D eigenvalue weighted by atomic mass is 10.1. The number of carbonyl (C=O) groups excluding carboxylic acids is 4. The fourth-order valence-corrected chi connectivity index (χ4v) is 3.70. The van der Waals surface area contributed by atoms with Gasteiger partial charge in [0.05, 0.1) is 16.7 Å². The van der Waals surface area contributed by atoms with Crippen molar-refractivity contribution < 1.29 is 42.9 Å². The molecule has 1 aliphatic heterocycles. The Hall–Kier alpha value is -4.50. The van der Waals surface area contributed by atoms with E-state index in [4.69, 9.17) is 23.7 Å². The molecule has 0 unspecified atom stereocenters. The molecular weight excluding hydrogens is 480 g/mol. The molecule has 3 aromatic rings. The Kier molecular flexibility index (Phi) is 8.27. The summed E-state index contributed by atoms with van der Waals surface area (Å²) in [5.41, 5.74) is 0.782. The molecule has 4 atom stereocenters. The van der Waals surface area contributed by atoms with Crippen LogP contribution in [0.15, 0.2) is 91.0 Å². The first-order valence-electron chi connectivity index (χ1n) is 11.5. The minimum atomic E-state index is -1.40. The molecule has 3 aromatic carbocycles. The van der Waals surface area contributed by atoms with E-state index < -0.39 is 48.5 Å². The quantitative estimate of drug-likeness (QED) is 0.335. The van der Waals surface area contributed by atoms with Crippen molar-refractivity contribution in [2.75, 3.05) is 6.61 Å². The Morgan fingerprint density at radius 2 is 1.05 bits per heavy atom. The van der Waals surface area contributed by atoms with Gasteiger partial charge in [0.25, 0.3) is 0 Å². The van der Waals surface area contributed by atoms with E-state index in [9.17, 15) is 19.2 Å². The van der Waals surface area contributed by atoms with Crippen LogP contribution in [-0.4, -0.2) is 55.1 Å². The Morgan fingerprint density at radius 1 is 0.622 bits per heavy atom. The molecule has 0 spiro atoms. The molecule has 0 bridgehead atoms. The Labute approximate surface area is 212 Å². The first kappa shape index (κ1) is 25.6. The van der Waals surface area contributed by atoms with Gasteiger partial charge >= 0.3 is 23.9 Å². The first-order valence-corrected chi connectivity index (χ1v) is 11.5. The van der Waals surface area contributed by atoms with Crippen LogP contribution in [0.4, 0.5) is 0 Å². The van der Waals surface area contributed by atoms with Gasteiger partial charge in [-0.05, 0) is 36.4 Å². The second kappa shape index (κ2) is 12.0. The number of benzene rings is 3. The van der Waals surface area contributed by atoms with Crippen molar-refractivity contribution in [1.82, 2.24) is 0 Å². The third-order valence-electron chi connectivity index (χ3n) is 5.44. The number of esters is 4. The number of rotatable bonds is 8. The van der Waals surface area contributed by atoms with Crippen molar-refractivity contribution in [3.05, 3.63) is 108 Å². The molecule has 190 valence electrons. The monoisotopic (exact) mass is 504 g/mol. The Bertz CT molecular complexity index is 1230. The molecule has 9 heteroatoms. The van der Waals surface area contributed by atoms with E-state index >= 15 is 0 Å². The van der Waals surface area contributed by atoms with E-state index in [0.29, 0.717) is 5.56 Å². The number of carbonyl (C=O) groups is 4. The molecular formula is C28H24O9. The highest BCUT2D eigenvalue weighted by Gasteiger charge is 2.52. The van der Waals surface area contributed by atoms with Gasteiger partial charge in [0.2, 0.25) is 12.4 Å². The lowest BCUT2D eigenvalue weighted by molar-refractivity contribution is -0.187. The molecule has 1 saturated heterocycles. The van der Waals surface area contributed by atoms with Crippen LogP contribution in [0, 0.1) is 0 Å². The molecule has 0 saturated carbocycles. The van der Waals surface area contributed by atoms with Gasteiger partial charge in [-0.1, -0.05) is 54.6 Å². The smallest absolute Gasteiger partial charge is 0.338 e. The molecule has 0 aliphatic carbocycles. The SMILES string of the molecule is CC(=O)O[C@@H]1O[C@H](COC(=O)c2ccccc2)[C@@H](OC(=O)c2ccccc2)[C@@H]1OC(=O)c1ccccc1. The standard InChI is InChI=1S/C28H24O9/c1-18(29)34-28-24(37-27(32)21-15-9-4-10-16-21)23(36-26(31)20-13-7-3-8-14-20)22(35-28)17-33-25(30)19-11-5-2-6-12-19/h2-16,22-24,28H,17H2,1H3/t22-,23-,24+,28-/m1/s1. The summed E-state index contributed by atoms with van der Waals surface area (Å²) in [6, 6.07) is 24.6. The Balaban J connectivity index is 1.58. The summed E-state index contributed by atoms with van der Waals surface area (Å²) in [7, 11) is 0. The zero-order chi connectivity index (χ0) is 26.2. The van der Waals surface area contributed by atoms with E-state index in [0.717, 1.165) is 6.92 Å².